The molecule has 0 fully saturated rings. The topological polar surface area (TPSA) is 56.0 Å². The molecule has 0 bridgehead atoms. The number of aromatic nitrogens is 5. The van der Waals surface area contributed by atoms with Crippen molar-refractivity contribution in [3.63, 3.8) is 0 Å². The standard InChI is InChI=1S/C13H13N5/c1-8-6-13-15-7-11(9(2)18(13)17-8)12-4-5-14-10(3)16-12/h4-7H,1-3H3. The molecule has 3 aromatic heterocycles. The van der Waals surface area contributed by atoms with Crippen LogP contribution >= 0.6 is 0 Å². The number of rotatable bonds is 1. The van der Waals surface area contributed by atoms with Crippen LogP contribution in [0.5, 0.6) is 0 Å². The summed E-state index contributed by atoms with van der Waals surface area (Å²) in [5.41, 5.74) is 4.71. The third-order valence-corrected chi connectivity index (χ3v) is 2.90. The van der Waals surface area contributed by atoms with Gasteiger partial charge in [0.2, 0.25) is 0 Å². The Morgan fingerprint density at radius 2 is 1.94 bits per heavy atom. The Morgan fingerprint density at radius 3 is 2.72 bits per heavy atom. The minimum absolute atomic E-state index is 0.753. The fourth-order valence-corrected chi connectivity index (χ4v) is 2.02. The maximum atomic E-state index is 4.43. The van der Waals surface area contributed by atoms with Gasteiger partial charge in [-0.3, -0.25) is 0 Å². The van der Waals surface area contributed by atoms with Crippen LogP contribution in [0.25, 0.3) is 16.9 Å². The smallest absolute Gasteiger partial charge is 0.155 e. The molecule has 0 radical (unpaired) electrons. The molecule has 0 spiro atoms. The van der Waals surface area contributed by atoms with Gasteiger partial charge in [0.05, 0.1) is 17.1 Å². The second kappa shape index (κ2) is 3.87. The normalized spacial score (nSPS) is 11.1. The van der Waals surface area contributed by atoms with Crippen LogP contribution in [0, 0.1) is 20.8 Å². The quantitative estimate of drug-likeness (QED) is 0.652. The SMILES string of the molecule is Cc1cc2ncc(-c3ccnc(C)n3)c(C)n2n1. The highest BCUT2D eigenvalue weighted by atomic mass is 15.3. The first-order valence-electron chi connectivity index (χ1n) is 5.77. The Balaban J connectivity index is 2.26. The van der Waals surface area contributed by atoms with E-state index in [-0.39, 0.29) is 0 Å². The minimum atomic E-state index is 0.753. The third kappa shape index (κ3) is 1.64. The van der Waals surface area contributed by atoms with E-state index >= 15 is 0 Å². The summed E-state index contributed by atoms with van der Waals surface area (Å²) in [5, 5.41) is 4.43. The van der Waals surface area contributed by atoms with Gasteiger partial charge in [-0.2, -0.15) is 5.10 Å². The Morgan fingerprint density at radius 1 is 1.11 bits per heavy atom. The molecule has 0 saturated heterocycles. The van der Waals surface area contributed by atoms with Gasteiger partial charge in [-0.1, -0.05) is 0 Å². The van der Waals surface area contributed by atoms with Crippen LogP contribution in [-0.4, -0.2) is 24.6 Å². The molecule has 0 aromatic carbocycles. The van der Waals surface area contributed by atoms with Gasteiger partial charge in [0.1, 0.15) is 5.82 Å². The average molecular weight is 239 g/mol. The van der Waals surface area contributed by atoms with Crippen molar-refractivity contribution in [2.24, 2.45) is 0 Å². The summed E-state index contributed by atoms with van der Waals surface area (Å²) in [6, 6.07) is 3.85. The van der Waals surface area contributed by atoms with E-state index in [4.69, 9.17) is 0 Å². The van der Waals surface area contributed by atoms with E-state index in [0.29, 0.717) is 0 Å². The summed E-state index contributed by atoms with van der Waals surface area (Å²) in [7, 11) is 0. The molecule has 0 aliphatic heterocycles. The third-order valence-electron chi connectivity index (χ3n) is 2.90. The van der Waals surface area contributed by atoms with Crippen LogP contribution in [0.15, 0.2) is 24.5 Å². The number of fused-ring (bicyclic) bond motifs is 1. The van der Waals surface area contributed by atoms with E-state index in [9.17, 15) is 0 Å². The zero-order valence-electron chi connectivity index (χ0n) is 10.5. The van der Waals surface area contributed by atoms with E-state index in [0.717, 1.165) is 34.1 Å². The predicted molar refractivity (Wildman–Crippen MR) is 68.2 cm³/mol. The first-order chi connectivity index (χ1) is 8.65. The molecule has 3 heterocycles. The first kappa shape index (κ1) is 10.8. The minimum Gasteiger partial charge on any atom is -0.242 e. The predicted octanol–water partition coefficient (Wildman–Crippen LogP) is 2.11. The lowest BCUT2D eigenvalue weighted by Gasteiger charge is -2.06. The van der Waals surface area contributed by atoms with E-state index < -0.39 is 0 Å². The fourth-order valence-electron chi connectivity index (χ4n) is 2.02. The Kier molecular flexibility index (Phi) is 2.33. The Hall–Kier alpha value is -2.30. The van der Waals surface area contributed by atoms with Crippen LogP contribution in [0.1, 0.15) is 17.2 Å². The molecule has 90 valence electrons. The summed E-state index contributed by atoms with van der Waals surface area (Å²) < 4.78 is 1.85. The first-order valence-corrected chi connectivity index (χ1v) is 5.77. The van der Waals surface area contributed by atoms with Crippen molar-refractivity contribution in [1.82, 2.24) is 24.6 Å². The average Bonchev–Trinajstić information content (AvgIpc) is 2.71. The zero-order valence-corrected chi connectivity index (χ0v) is 10.5. The van der Waals surface area contributed by atoms with Crippen molar-refractivity contribution in [2.75, 3.05) is 0 Å². The van der Waals surface area contributed by atoms with Crippen molar-refractivity contribution in [3.05, 3.63) is 41.7 Å². The van der Waals surface area contributed by atoms with E-state index in [2.05, 4.69) is 20.1 Å². The molecule has 0 aliphatic carbocycles. The molecule has 0 aliphatic rings. The van der Waals surface area contributed by atoms with Gasteiger partial charge in [-0.15, -0.1) is 0 Å². The molecule has 5 heteroatoms. The van der Waals surface area contributed by atoms with Gasteiger partial charge >= 0.3 is 0 Å². The molecule has 0 atom stereocenters. The molecule has 3 rings (SSSR count). The summed E-state index contributed by atoms with van der Waals surface area (Å²) in [5.74, 6) is 0.753. The molecule has 0 saturated carbocycles. The molecular formula is C13H13N5. The largest absolute Gasteiger partial charge is 0.242 e. The van der Waals surface area contributed by atoms with Gasteiger partial charge in [-0.25, -0.2) is 19.5 Å². The maximum absolute atomic E-state index is 4.43. The highest BCUT2D eigenvalue weighted by Crippen LogP contribution is 2.21. The lowest BCUT2D eigenvalue weighted by Crippen LogP contribution is -2.00. The molecule has 0 amide bonds. The van der Waals surface area contributed by atoms with Crippen molar-refractivity contribution >= 4 is 5.65 Å². The lowest BCUT2D eigenvalue weighted by molar-refractivity contribution is 0.877. The highest BCUT2D eigenvalue weighted by Gasteiger charge is 2.09. The number of nitrogens with zero attached hydrogens (tertiary/aromatic N) is 5. The summed E-state index contributed by atoms with van der Waals surface area (Å²) >= 11 is 0. The monoisotopic (exact) mass is 239 g/mol. The van der Waals surface area contributed by atoms with Gasteiger partial charge in [-0.05, 0) is 26.8 Å². The van der Waals surface area contributed by atoms with Crippen molar-refractivity contribution < 1.29 is 0 Å². The number of hydrogen-bond acceptors (Lipinski definition) is 4. The summed E-state index contributed by atoms with van der Waals surface area (Å²) in [6.07, 6.45) is 3.60. The van der Waals surface area contributed by atoms with E-state index in [1.807, 2.05) is 43.6 Å². The van der Waals surface area contributed by atoms with Gasteiger partial charge in [0.15, 0.2) is 5.65 Å². The summed E-state index contributed by atoms with van der Waals surface area (Å²) in [4.78, 5) is 12.9. The van der Waals surface area contributed by atoms with Gasteiger partial charge in [0, 0.05) is 24.0 Å². The van der Waals surface area contributed by atoms with Crippen molar-refractivity contribution in [3.8, 4) is 11.3 Å². The molecule has 0 unspecified atom stereocenters. The molecule has 5 nitrogen and oxygen atoms in total. The summed E-state index contributed by atoms with van der Waals surface area (Å²) in [6.45, 7) is 5.86. The zero-order chi connectivity index (χ0) is 12.7. The maximum Gasteiger partial charge on any atom is 0.155 e. The van der Waals surface area contributed by atoms with Crippen molar-refractivity contribution in [1.29, 1.82) is 0 Å². The highest BCUT2D eigenvalue weighted by molar-refractivity contribution is 5.62. The molecule has 18 heavy (non-hydrogen) atoms. The second-order valence-corrected chi connectivity index (χ2v) is 4.30. The van der Waals surface area contributed by atoms with E-state index in [1.54, 1.807) is 6.20 Å². The van der Waals surface area contributed by atoms with Crippen LogP contribution in [0.3, 0.4) is 0 Å². The molecular weight excluding hydrogens is 226 g/mol. The number of aryl methyl sites for hydroxylation is 3. The second-order valence-electron chi connectivity index (χ2n) is 4.30. The van der Waals surface area contributed by atoms with Crippen molar-refractivity contribution in [2.45, 2.75) is 20.8 Å². The lowest BCUT2D eigenvalue weighted by atomic mass is 10.1. The van der Waals surface area contributed by atoms with E-state index in [1.165, 1.54) is 0 Å². The van der Waals surface area contributed by atoms with Gasteiger partial charge in [0.25, 0.3) is 0 Å². The molecule has 0 N–H and O–H groups in total. The van der Waals surface area contributed by atoms with Crippen LogP contribution in [0.4, 0.5) is 0 Å². The number of hydrogen-bond donors (Lipinski definition) is 0. The van der Waals surface area contributed by atoms with Crippen LogP contribution < -0.4 is 0 Å². The van der Waals surface area contributed by atoms with Gasteiger partial charge < -0.3 is 0 Å². The van der Waals surface area contributed by atoms with Crippen LogP contribution in [0.2, 0.25) is 0 Å². The van der Waals surface area contributed by atoms with Crippen LogP contribution in [-0.2, 0) is 0 Å². The fraction of sp³-hybridized carbons (Fsp3) is 0.231. The molecule has 3 aromatic rings. The Bertz CT molecular complexity index is 729. The Labute approximate surface area is 105 Å².